The smallest absolute Gasteiger partial charge is 0.303 e. The van der Waals surface area contributed by atoms with Gasteiger partial charge in [-0.25, -0.2) is 0 Å². The Hall–Kier alpha value is -0.690. The van der Waals surface area contributed by atoms with Gasteiger partial charge in [0.15, 0.2) is 0 Å². The molecule has 0 saturated heterocycles. The van der Waals surface area contributed by atoms with Gasteiger partial charge in [0.25, 0.3) is 0 Å². The molecular weight excluding hydrogens is 456 g/mol. The highest BCUT2D eigenvalue weighted by atomic mass is 16.6. The van der Waals surface area contributed by atoms with Crippen molar-refractivity contribution in [2.24, 2.45) is 46.3 Å². The molecule has 6 nitrogen and oxygen atoms in total. The van der Waals surface area contributed by atoms with Crippen molar-refractivity contribution in [2.75, 3.05) is 0 Å². The van der Waals surface area contributed by atoms with Crippen LogP contribution in [-0.4, -0.2) is 55.9 Å². The number of hydrogen-bond donors (Lipinski definition) is 4. The maximum Gasteiger partial charge on any atom is 0.303 e. The van der Waals surface area contributed by atoms with Gasteiger partial charge in [-0.15, -0.1) is 0 Å². The van der Waals surface area contributed by atoms with Crippen LogP contribution < -0.4 is 0 Å². The molecule has 0 radical (unpaired) electrons. The first-order valence-corrected chi connectivity index (χ1v) is 14.5. The molecule has 6 heteroatoms. The zero-order chi connectivity index (χ0) is 26.8. The molecule has 0 bridgehead atoms. The number of carbonyl (C=O) groups excluding carboxylic acids is 1. The number of aliphatic hydroxyl groups excluding tert-OH is 2. The van der Waals surface area contributed by atoms with Gasteiger partial charge in [0.2, 0.25) is 0 Å². The van der Waals surface area contributed by atoms with Gasteiger partial charge in [-0.2, -0.15) is 0 Å². The van der Waals surface area contributed by atoms with Crippen LogP contribution in [0.25, 0.3) is 0 Å². The maximum atomic E-state index is 12.1. The second kappa shape index (κ2) is 9.50. The molecule has 4 N–H and O–H groups in total. The molecule has 4 aliphatic rings. The monoisotopic (exact) mass is 508 g/mol. The first-order chi connectivity index (χ1) is 16.6. The zero-order valence-electron chi connectivity index (χ0n) is 23.7. The Labute approximate surface area is 218 Å². The molecule has 4 saturated carbocycles. The van der Waals surface area contributed by atoms with Gasteiger partial charge >= 0.3 is 5.97 Å². The molecule has 0 amide bonds. The Balaban J connectivity index is 1.60. The Kier molecular flexibility index (Phi) is 7.47. The van der Waals surface area contributed by atoms with Crippen molar-refractivity contribution in [1.29, 1.82) is 0 Å². The van der Waals surface area contributed by atoms with Crippen molar-refractivity contribution in [1.82, 2.24) is 0 Å². The summed E-state index contributed by atoms with van der Waals surface area (Å²) in [6, 6.07) is 0. The summed E-state index contributed by atoms with van der Waals surface area (Å²) in [6.45, 7) is 14.0. The molecule has 0 aromatic carbocycles. The standard InChI is InChI=1S/C30H52O6/c1-17(2)29(7,34)16-25(33)18(3)22-8-9-23-21-14-26(36-19(4)31)30(35)15-20(32)10-13-28(30,6)24(21)11-12-27(22,23)5/h17-18,20-26,32-35H,8-16H2,1-7H3/t18-,20?,21-,22+,23-,24-,25+,26+,27+,28+,29?,30-/m0/s1. The molecule has 0 spiro atoms. The van der Waals surface area contributed by atoms with Gasteiger partial charge in [0.05, 0.1) is 17.8 Å². The normalized spacial score (nSPS) is 47.8. The number of carbonyl (C=O) groups is 1. The van der Waals surface area contributed by atoms with Crippen molar-refractivity contribution in [3.63, 3.8) is 0 Å². The van der Waals surface area contributed by atoms with Crippen LogP contribution in [0.15, 0.2) is 0 Å². The predicted molar refractivity (Wildman–Crippen MR) is 139 cm³/mol. The van der Waals surface area contributed by atoms with Crippen LogP contribution in [0.3, 0.4) is 0 Å². The highest BCUT2D eigenvalue weighted by Crippen LogP contribution is 2.69. The van der Waals surface area contributed by atoms with E-state index >= 15 is 0 Å². The van der Waals surface area contributed by atoms with Crippen molar-refractivity contribution < 1.29 is 30.0 Å². The van der Waals surface area contributed by atoms with Gasteiger partial charge in [-0.1, -0.05) is 34.6 Å². The Morgan fingerprint density at radius 3 is 2.36 bits per heavy atom. The Morgan fingerprint density at radius 2 is 1.75 bits per heavy atom. The van der Waals surface area contributed by atoms with Crippen LogP contribution in [0.5, 0.6) is 0 Å². The minimum Gasteiger partial charge on any atom is -0.459 e. The van der Waals surface area contributed by atoms with Crippen LogP contribution in [0, 0.1) is 46.3 Å². The predicted octanol–water partition coefficient (Wildman–Crippen LogP) is 4.46. The molecular formula is C30H52O6. The third-order valence-corrected chi connectivity index (χ3v) is 12.3. The molecule has 0 aliphatic heterocycles. The van der Waals surface area contributed by atoms with Crippen molar-refractivity contribution in [3.8, 4) is 0 Å². The summed E-state index contributed by atoms with van der Waals surface area (Å²) in [5.41, 5.74) is -2.41. The van der Waals surface area contributed by atoms with Crippen LogP contribution in [-0.2, 0) is 9.53 Å². The molecule has 2 unspecified atom stereocenters. The van der Waals surface area contributed by atoms with E-state index in [0.717, 1.165) is 32.1 Å². The van der Waals surface area contributed by atoms with E-state index in [1.54, 1.807) is 0 Å². The van der Waals surface area contributed by atoms with Crippen molar-refractivity contribution >= 4 is 5.97 Å². The third-order valence-electron chi connectivity index (χ3n) is 12.3. The summed E-state index contributed by atoms with van der Waals surface area (Å²) in [5.74, 6) is 1.30. The SMILES string of the molecule is CC(=O)O[C@@H]1C[C@H]2[C@@H]3CC[C@H]([C@H](C)[C@H](O)CC(C)(O)C(C)C)[C@@]3(C)CC[C@@H]2[C@@]2(C)CCC(O)C[C@]12O. The lowest BCUT2D eigenvalue weighted by molar-refractivity contribution is -0.270. The molecule has 208 valence electrons. The fraction of sp³-hybridized carbons (Fsp3) is 0.967. The van der Waals surface area contributed by atoms with E-state index in [-0.39, 0.29) is 29.6 Å². The summed E-state index contributed by atoms with van der Waals surface area (Å²) < 4.78 is 5.83. The van der Waals surface area contributed by atoms with E-state index in [4.69, 9.17) is 4.74 Å². The number of rotatable bonds is 6. The minimum atomic E-state index is -1.20. The highest BCUT2D eigenvalue weighted by Gasteiger charge is 2.68. The Morgan fingerprint density at radius 1 is 1.08 bits per heavy atom. The van der Waals surface area contributed by atoms with Crippen LogP contribution in [0.4, 0.5) is 0 Å². The summed E-state index contributed by atoms with van der Waals surface area (Å²) in [6.07, 6.45) is 5.25. The van der Waals surface area contributed by atoms with Gasteiger partial charge in [-0.3, -0.25) is 4.79 Å². The summed E-state index contributed by atoms with van der Waals surface area (Å²) in [7, 11) is 0. The molecule has 0 aromatic heterocycles. The quantitative estimate of drug-likeness (QED) is 0.395. The van der Waals surface area contributed by atoms with E-state index in [0.29, 0.717) is 42.9 Å². The topological polar surface area (TPSA) is 107 Å². The van der Waals surface area contributed by atoms with E-state index in [2.05, 4.69) is 20.8 Å². The summed E-state index contributed by atoms with van der Waals surface area (Å²) in [4.78, 5) is 12.1. The molecule has 4 aliphatic carbocycles. The zero-order valence-corrected chi connectivity index (χ0v) is 23.7. The average Bonchev–Trinajstić information content (AvgIpc) is 3.11. The molecule has 4 rings (SSSR count). The second-order valence-electron chi connectivity index (χ2n) is 14.3. The van der Waals surface area contributed by atoms with Gasteiger partial charge in [-0.05, 0) is 92.8 Å². The molecule has 4 fully saturated rings. The van der Waals surface area contributed by atoms with Crippen molar-refractivity contribution in [2.45, 2.75) is 136 Å². The average molecular weight is 509 g/mol. The van der Waals surface area contributed by atoms with Gasteiger partial charge in [0, 0.05) is 25.2 Å². The van der Waals surface area contributed by atoms with Crippen LogP contribution in [0.2, 0.25) is 0 Å². The number of hydrogen-bond acceptors (Lipinski definition) is 6. The molecule has 12 atom stereocenters. The molecule has 36 heavy (non-hydrogen) atoms. The highest BCUT2D eigenvalue weighted by molar-refractivity contribution is 5.66. The largest absolute Gasteiger partial charge is 0.459 e. The first kappa shape index (κ1) is 28.3. The third kappa shape index (κ3) is 4.36. The minimum absolute atomic E-state index is 0.0754. The van der Waals surface area contributed by atoms with Crippen molar-refractivity contribution in [3.05, 3.63) is 0 Å². The lowest BCUT2D eigenvalue weighted by Gasteiger charge is -2.65. The molecule has 0 heterocycles. The first-order valence-electron chi connectivity index (χ1n) is 14.5. The number of fused-ring (bicyclic) bond motifs is 5. The van der Waals surface area contributed by atoms with E-state index in [1.165, 1.54) is 6.92 Å². The van der Waals surface area contributed by atoms with E-state index in [1.807, 2.05) is 20.8 Å². The summed E-state index contributed by atoms with van der Waals surface area (Å²) in [5, 5.41) is 44.6. The molecule has 0 aromatic rings. The number of ether oxygens (including phenoxy) is 1. The van der Waals surface area contributed by atoms with Gasteiger partial charge in [0.1, 0.15) is 11.7 Å². The second-order valence-corrected chi connectivity index (χ2v) is 14.3. The maximum absolute atomic E-state index is 12.1. The Bertz CT molecular complexity index is 826. The number of esters is 1. The number of aliphatic hydroxyl groups is 4. The fourth-order valence-electron chi connectivity index (χ4n) is 9.60. The lowest BCUT2D eigenvalue weighted by Crippen LogP contribution is -2.69. The van der Waals surface area contributed by atoms with E-state index < -0.39 is 34.9 Å². The van der Waals surface area contributed by atoms with E-state index in [9.17, 15) is 25.2 Å². The van der Waals surface area contributed by atoms with Gasteiger partial charge < -0.3 is 25.2 Å². The fourth-order valence-corrected chi connectivity index (χ4v) is 9.60. The van der Waals surface area contributed by atoms with Crippen LogP contribution in [0.1, 0.15) is 106 Å². The lowest BCUT2D eigenvalue weighted by atomic mass is 9.42. The van der Waals surface area contributed by atoms with Crippen LogP contribution >= 0.6 is 0 Å². The summed E-state index contributed by atoms with van der Waals surface area (Å²) >= 11 is 0.